The quantitative estimate of drug-likeness (QED) is 0.603. The van der Waals surface area contributed by atoms with Crippen LogP contribution in [0.4, 0.5) is 0 Å². The molecule has 1 rings (SSSR count). The summed E-state index contributed by atoms with van der Waals surface area (Å²) < 4.78 is 5.42. The molecule has 0 bridgehead atoms. The first kappa shape index (κ1) is 8.02. The van der Waals surface area contributed by atoms with Crippen LogP contribution in [-0.4, -0.2) is 24.4 Å². The lowest BCUT2D eigenvalue weighted by molar-refractivity contribution is 0.100. The van der Waals surface area contributed by atoms with E-state index in [4.69, 9.17) is 9.84 Å². The Kier molecular flexibility index (Phi) is 3.76. The van der Waals surface area contributed by atoms with Gasteiger partial charge in [-0.2, -0.15) is 0 Å². The molecule has 0 unspecified atom stereocenters. The van der Waals surface area contributed by atoms with Crippen molar-refractivity contribution in [3.8, 4) is 0 Å². The van der Waals surface area contributed by atoms with E-state index in [0.717, 1.165) is 25.9 Å². The first-order valence-corrected chi connectivity index (χ1v) is 4.16. The zero-order valence-electron chi connectivity index (χ0n) is 6.38. The summed E-state index contributed by atoms with van der Waals surface area (Å²) in [6.45, 7) is 1.27. The third-order valence-electron chi connectivity index (χ3n) is 1.96. The van der Waals surface area contributed by atoms with E-state index in [9.17, 15) is 0 Å². The molecule has 0 aromatic rings. The van der Waals surface area contributed by atoms with Crippen molar-refractivity contribution in [2.24, 2.45) is 0 Å². The number of rotatable bonds is 4. The lowest BCUT2D eigenvalue weighted by Gasteiger charge is -2.06. The van der Waals surface area contributed by atoms with Crippen molar-refractivity contribution in [3.63, 3.8) is 0 Å². The van der Waals surface area contributed by atoms with Crippen molar-refractivity contribution in [1.29, 1.82) is 0 Å². The van der Waals surface area contributed by atoms with Crippen LogP contribution in [0.15, 0.2) is 0 Å². The molecule has 0 saturated carbocycles. The Morgan fingerprint density at radius 2 is 2.30 bits per heavy atom. The highest BCUT2D eigenvalue weighted by Gasteiger charge is 2.13. The lowest BCUT2D eigenvalue weighted by Crippen LogP contribution is -2.04. The van der Waals surface area contributed by atoms with Gasteiger partial charge in [0, 0.05) is 13.2 Å². The van der Waals surface area contributed by atoms with Crippen LogP contribution < -0.4 is 0 Å². The highest BCUT2D eigenvalue weighted by Crippen LogP contribution is 2.17. The Balaban J connectivity index is 1.91. The summed E-state index contributed by atoms with van der Waals surface area (Å²) in [6, 6.07) is 0. The molecular formula is C8H16O2. The minimum Gasteiger partial charge on any atom is -0.396 e. The fourth-order valence-electron chi connectivity index (χ4n) is 1.36. The highest BCUT2D eigenvalue weighted by molar-refractivity contribution is 4.64. The number of hydrogen-bond donors (Lipinski definition) is 1. The molecule has 1 aliphatic heterocycles. The molecule has 0 radical (unpaired) electrons. The van der Waals surface area contributed by atoms with Crippen molar-refractivity contribution in [1.82, 2.24) is 0 Å². The molecule has 1 atom stereocenters. The molecule has 1 N–H and O–H groups in total. The number of aliphatic hydroxyl groups is 1. The predicted octanol–water partition coefficient (Wildman–Crippen LogP) is 1.33. The highest BCUT2D eigenvalue weighted by atomic mass is 16.5. The Hall–Kier alpha value is -0.0800. The third kappa shape index (κ3) is 2.67. The molecule has 1 aliphatic rings. The average molecular weight is 144 g/mol. The second kappa shape index (κ2) is 4.69. The van der Waals surface area contributed by atoms with Crippen LogP contribution in [0.2, 0.25) is 0 Å². The molecule has 0 aliphatic carbocycles. The molecule has 1 saturated heterocycles. The van der Waals surface area contributed by atoms with E-state index in [1.807, 2.05) is 0 Å². The van der Waals surface area contributed by atoms with Gasteiger partial charge in [-0.15, -0.1) is 0 Å². The van der Waals surface area contributed by atoms with Crippen LogP contribution in [0.1, 0.15) is 32.1 Å². The second-order valence-corrected chi connectivity index (χ2v) is 2.85. The number of hydrogen-bond acceptors (Lipinski definition) is 2. The van der Waals surface area contributed by atoms with E-state index in [1.165, 1.54) is 12.8 Å². The topological polar surface area (TPSA) is 29.5 Å². The summed E-state index contributed by atoms with van der Waals surface area (Å²) >= 11 is 0. The first-order chi connectivity index (χ1) is 4.93. The Morgan fingerprint density at radius 3 is 2.90 bits per heavy atom. The molecule has 0 amide bonds. The van der Waals surface area contributed by atoms with Crippen molar-refractivity contribution >= 4 is 0 Å². The fourth-order valence-corrected chi connectivity index (χ4v) is 1.36. The van der Waals surface area contributed by atoms with Gasteiger partial charge in [-0.05, 0) is 32.1 Å². The van der Waals surface area contributed by atoms with Gasteiger partial charge in [-0.25, -0.2) is 0 Å². The molecule has 0 aromatic heterocycles. The minimum absolute atomic E-state index is 0.326. The van der Waals surface area contributed by atoms with Crippen LogP contribution in [0.3, 0.4) is 0 Å². The average Bonchev–Trinajstić information content (AvgIpc) is 2.41. The van der Waals surface area contributed by atoms with E-state index in [-0.39, 0.29) is 0 Å². The smallest absolute Gasteiger partial charge is 0.0576 e. The molecule has 0 aromatic carbocycles. The van der Waals surface area contributed by atoms with E-state index < -0.39 is 0 Å². The summed E-state index contributed by atoms with van der Waals surface area (Å²) in [5.41, 5.74) is 0. The third-order valence-corrected chi connectivity index (χ3v) is 1.96. The number of unbranched alkanes of at least 4 members (excludes halogenated alkanes) is 1. The Labute approximate surface area is 62.2 Å². The maximum absolute atomic E-state index is 8.50. The molecular weight excluding hydrogens is 128 g/mol. The van der Waals surface area contributed by atoms with Crippen molar-refractivity contribution in [3.05, 3.63) is 0 Å². The summed E-state index contributed by atoms with van der Waals surface area (Å²) in [7, 11) is 0. The second-order valence-electron chi connectivity index (χ2n) is 2.85. The first-order valence-electron chi connectivity index (χ1n) is 4.16. The van der Waals surface area contributed by atoms with Gasteiger partial charge in [0.05, 0.1) is 6.10 Å². The van der Waals surface area contributed by atoms with Gasteiger partial charge in [-0.1, -0.05) is 0 Å². The molecule has 10 heavy (non-hydrogen) atoms. The molecule has 60 valence electrons. The molecule has 2 nitrogen and oxygen atoms in total. The lowest BCUT2D eigenvalue weighted by atomic mass is 10.1. The zero-order valence-corrected chi connectivity index (χ0v) is 6.38. The van der Waals surface area contributed by atoms with Gasteiger partial charge < -0.3 is 9.84 Å². The normalized spacial score (nSPS) is 25.5. The van der Waals surface area contributed by atoms with Gasteiger partial charge in [0.15, 0.2) is 0 Å². The summed E-state index contributed by atoms with van der Waals surface area (Å²) in [4.78, 5) is 0. The van der Waals surface area contributed by atoms with E-state index in [2.05, 4.69) is 0 Å². The Morgan fingerprint density at radius 1 is 1.40 bits per heavy atom. The van der Waals surface area contributed by atoms with Gasteiger partial charge in [0.25, 0.3) is 0 Å². The van der Waals surface area contributed by atoms with Gasteiger partial charge in [0.1, 0.15) is 0 Å². The maximum atomic E-state index is 8.50. The zero-order chi connectivity index (χ0) is 7.23. The summed E-state index contributed by atoms with van der Waals surface area (Å²) in [6.07, 6.45) is 6.14. The fraction of sp³-hybridized carbons (Fsp3) is 1.00. The van der Waals surface area contributed by atoms with E-state index in [0.29, 0.717) is 12.7 Å². The maximum Gasteiger partial charge on any atom is 0.0576 e. The number of ether oxygens (including phenoxy) is 1. The van der Waals surface area contributed by atoms with Gasteiger partial charge >= 0.3 is 0 Å². The monoisotopic (exact) mass is 144 g/mol. The van der Waals surface area contributed by atoms with Gasteiger partial charge in [-0.3, -0.25) is 0 Å². The van der Waals surface area contributed by atoms with Crippen molar-refractivity contribution in [2.75, 3.05) is 13.2 Å². The van der Waals surface area contributed by atoms with E-state index in [1.54, 1.807) is 0 Å². The van der Waals surface area contributed by atoms with Crippen LogP contribution >= 0.6 is 0 Å². The standard InChI is InChI=1S/C8H16O2/c9-6-2-1-4-8-5-3-7-10-8/h8-9H,1-7H2/t8-/m0/s1. The molecule has 1 fully saturated rings. The van der Waals surface area contributed by atoms with E-state index >= 15 is 0 Å². The van der Waals surface area contributed by atoms with Crippen LogP contribution in [0, 0.1) is 0 Å². The van der Waals surface area contributed by atoms with Crippen LogP contribution in [0.25, 0.3) is 0 Å². The van der Waals surface area contributed by atoms with Crippen molar-refractivity contribution in [2.45, 2.75) is 38.2 Å². The van der Waals surface area contributed by atoms with Crippen LogP contribution in [0.5, 0.6) is 0 Å². The summed E-state index contributed by atoms with van der Waals surface area (Å²) in [5.74, 6) is 0. The minimum atomic E-state index is 0.326. The van der Waals surface area contributed by atoms with Gasteiger partial charge in [0.2, 0.25) is 0 Å². The summed E-state index contributed by atoms with van der Waals surface area (Å²) in [5, 5.41) is 8.50. The molecule has 1 heterocycles. The Bertz CT molecular complexity index is 77.3. The molecule has 0 spiro atoms. The largest absolute Gasteiger partial charge is 0.396 e. The van der Waals surface area contributed by atoms with Crippen molar-refractivity contribution < 1.29 is 9.84 Å². The van der Waals surface area contributed by atoms with Crippen LogP contribution in [-0.2, 0) is 4.74 Å². The predicted molar refractivity (Wildman–Crippen MR) is 39.9 cm³/mol. The SMILES string of the molecule is OCCCC[C@H]1CCCO1. The number of aliphatic hydroxyl groups excluding tert-OH is 1. The molecule has 2 heteroatoms.